The van der Waals surface area contributed by atoms with E-state index in [2.05, 4.69) is 23.8 Å². The van der Waals surface area contributed by atoms with E-state index in [1.807, 2.05) is 4.68 Å². The summed E-state index contributed by atoms with van der Waals surface area (Å²) in [6.07, 6.45) is 4.64. The predicted molar refractivity (Wildman–Crippen MR) is 70.7 cm³/mol. The highest BCUT2D eigenvalue weighted by molar-refractivity contribution is 6.31. The van der Waals surface area contributed by atoms with Gasteiger partial charge in [0.1, 0.15) is 5.60 Å². The zero-order valence-corrected chi connectivity index (χ0v) is 11.7. The summed E-state index contributed by atoms with van der Waals surface area (Å²) in [7, 11) is 0. The van der Waals surface area contributed by atoms with Gasteiger partial charge in [0.15, 0.2) is 0 Å². The molecule has 2 saturated heterocycles. The van der Waals surface area contributed by atoms with Gasteiger partial charge in [0.25, 0.3) is 0 Å². The summed E-state index contributed by atoms with van der Waals surface area (Å²) in [5, 5.41) is 16.1. The molecule has 0 radical (unpaired) electrons. The van der Waals surface area contributed by atoms with Gasteiger partial charge in [-0.05, 0) is 39.7 Å². The van der Waals surface area contributed by atoms with E-state index in [1.54, 1.807) is 6.20 Å². The average molecular weight is 270 g/mol. The first-order valence-electron chi connectivity index (χ1n) is 6.74. The van der Waals surface area contributed by atoms with Crippen LogP contribution < -0.4 is 0 Å². The second-order valence-corrected chi connectivity index (χ2v) is 6.15. The first-order valence-corrected chi connectivity index (χ1v) is 7.12. The third kappa shape index (κ3) is 1.63. The molecule has 0 aromatic carbocycles. The van der Waals surface area contributed by atoms with E-state index in [4.69, 9.17) is 11.6 Å². The molecule has 1 aromatic rings. The molecule has 2 aliphatic rings. The largest absolute Gasteiger partial charge is 0.382 e. The van der Waals surface area contributed by atoms with Crippen LogP contribution in [0.1, 0.15) is 44.8 Å². The topological polar surface area (TPSA) is 41.3 Å². The Hall–Kier alpha value is -0.580. The van der Waals surface area contributed by atoms with Crippen LogP contribution >= 0.6 is 11.6 Å². The number of hydrogen-bond donors (Lipinski definition) is 1. The second-order valence-electron chi connectivity index (χ2n) is 5.75. The van der Waals surface area contributed by atoms with E-state index in [0.717, 1.165) is 31.6 Å². The van der Waals surface area contributed by atoms with Crippen LogP contribution in [0, 0.1) is 0 Å². The van der Waals surface area contributed by atoms with Crippen molar-refractivity contribution in [3.8, 4) is 0 Å². The Labute approximate surface area is 113 Å². The zero-order chi connectivity index (χ0) is 12.9. The fourth-order valence-corrected chi connectivity index (χ4v) is 3.82. The summed E-state index contributed by atoms with van der Waals surface area (Å²) in [6.45, 7) is 6.19. The Kier molecular flexibility index (Phi) is 2.92. The molecule has 18 heavy (non-hydrogen) atoms. The van der Waals surface area contributed by atoms with Crippen molar-refractivity contribution in [2.24, 2.45) is 0 Å². The van der Waals surface area contributed by atoms with Crippen LogP contribution in [0.3, 0.4) is 0 Å². The van der Waals surface area contributed by atoms with E-state index >= 15 is 0 Å². The van der Waals surface area contributed by atoms with Gasteiger partial charge in [0.05, 0.1) is 16.9 Å². The molecule has 1 aromatic heterocycles. The zero-order valence-electron chi connectivity index (χ0n) is 10.9. The third-order valence-electron chi connectivity index (χ3n) is 4.35. The highest BCUT2D eigenvalue weighted by Crippen LogP contribution is 2.45. The number of aliphatic hydroxyl groups is 1. The van der Waals surface area contributed by atoms with Crippen molar-refractivity contribution in [1.29, 1.82) is 0 Å². The Balaban J connectivity index is 2.06. The van der Waals surface area contributed by atoms with Gasteiger partial charge in [-0.25, -0.2) is 0 Å². The molecule has 3 rings (SSSR count). The first kappa shape index (κ1) is 12.5. The molecular weight excluding hydrogens is 250 g/mol. The van der Waals surface area contributed by atoms with Crippen LogP contribution in [0.25, 0.3) is 0 Å². The van der Waals surface area contributed by atoms with E-state index in [1.165, 1.54) is 6.42 Å². The van der Waals surface area contributed by atoms with E-state index in [0.29, 0.717) is 5.02 Å². The van der Waals surface area contributed by atoms with Crippen LogP contribution in [0.5, 0.6) is 0 Å². The third-order valence-corrected chi connectivity index (χ3v) is 4.62. The highest BCUT2D eigenvalue weighted by Gasteiger charge is 2.51. The lowest BCUT2D eigenvalue weighted by Gasteiger charge is -2.31. The van der Waals surface area contributed by atoms with Crippen molar-refractivity contribution in [1.82, 2.24) is 14.7 Å². The fraction of sp³-hybridized carbons (Fsp3) is 0.769. The van der Waals surface area contributed by atoms with Gasteiger partial charge in [-0.2, -0.15) is 5.10 Å². The number of halogens is 1. The Morgan fingerprint density at radius 3 is 3.00 bits per heavy atom. The fourth-order valence-electron chi connectivity index (χ4n) is 3.53. The molecule has 1 N–H and O–H groups in total. The van der Waals surface area contributed by atoms with Crippen molar-refractivity contribution in [3.05, 3.63) is 16.9 Å². The normalized spacial score (nSPS) is 32.4. The summed E-state index contributed by atoms with van der Waals surface area (Å²) in [5.41, 5.74) is -0.0116. The lowest BCUT2D eigenvalue weighted by molar-refractivity contribution is 0.000332. The van der Waals surface area contributed by atoms with Crippen LogP contribution in [0.15, 0.2) is 6.20 Å². The van der Waals surface area contributed by atoms with Gasteiger partial charge >= 0.3 is 0 Å². The molecule has 2 atom stereocenters. The van der Waals surface area contributed by atoms with Crippen LogP contribution in [-0.4, -0.2) is 38.9 Å². The maximum atomic E-state index is 11.1. The first-order chi connectivity index (χ1) is 8.54. The lowest BCUT2D eigenvalue weighted by atomic mass is 9.89. The number of aromatic nitrogens is 2. The van der Waals surface area contributed by atoms with Gasteiger partial charge in [-0.3, -0.25) is 9.58 Å². The molecule has 2 aliphatic heterocycles. The van der Waals surface area contributed by atoms with Crippen LogP contribution in [-0.2, 0) is 5.60 Å². The van der Waals surface area contributed by atoms with Crippen molar-refractivity contribution in [3.63, 3.8) is 0 Å². The summed E-state index contributed by atoms with van der Waals surface area (Å²) < 4.78 is 1.88. The molecule has 0 spiro atoms. The van der Waals surface area contributed by atoms with Crippen molar-refractivity contribution < 1.29 is 5.11 Å². The Morgan fingerprint density at radius 2 is 2.28 bits per heavy atom. The molecule has 0 bridgehead atoms. The Morgan fingerprint density at radius 1 is 1.50 bits per heavy atom. The van der Waals surface area contributed by atoms with E-state index < -0.39 is 5.60 Å². The quantitative estimate of drug-likeness (QED) is 0.895. The highest BCUT2D eigenvalue weighted by atomic mass is 35.5. The van der Waals surface area contributed by atoms with Crippen molar-refractivity contribution >= 4 is 11.6 Å². The molecule has 0 aliphatic carbocycles. The second kappa shape index (κ2) is 4.22. The summed E-state index contributed by atoms with van der Waals surface area (Å²) in [6, 6.07) is 0.427. The molecule has 0 amide bonds. The molecule has 2 unspecified atom stereocenters. The van der Waals surface area contributed by atoms with Gasteiger partial charge in [-0.15, -0.1) is 0 Å². The van der Waals surface area contributed by atoms with Gasteiger partial charge in [0.2, 0.25) is 0 Å². The molecule has 0 saturated carbocycles. The number of hydrogen-bond acceptors (Lipinski definition) is 3. The van der Waals surface area contributed by atoms with Crippen LogP contribution in [0.4, 0.5) is 0 Å². The van der Waals surface area contributed by atoms with E-state index in [9.17, 15) is 5.11 Å². The summed E-state index contributed by atoms with van der Waals surface area (Å²) >= 11 is 6.29. The Bertz CT molecular complexity index is 459. The minimum Gasteiger partial charge on any atom is -0.382 e. The lowest BCUT2D eigenvalue weighted by Crippen LogP contribution is -2.40. The molecule has 3 heterocycles. The SMILES string of the molecule is CC(C)n1ncc(Cl)c1C1(O)CCN2CCCC21. The van der Waals surface area contributed by atoms with Crippen LogP contribution in [0.2, 0.25) is 5.02 Å². The standard InChI is InChI=1S/C13H20ClN3O/c1-9(2)17-12(10(14)8-15-17)13(18)5-7-16-6-3-4-11(13)16/h8-9,11,18H,3-7H2,1-2H3. The van der Waals surface area contributed by atoms with Gasteiger partial charge < -0.3 is 5.11 Å². The number of fused-ring (bicyclic) bond motifs is 1. The number of rotatable bonds is 2. The monoisotopic (exact) mass is 269 g/mol. The smallest absolute Gasteiger partial charge is 0.124 e. The average Bonchev–Trinajstić information content (AvgIpc) is 2.96. The van der Waals surface area contributed by atoms with E-state index in [-0.39, 0.29) is 12.1 Å². The predicted octanol–water partition coefficient (Wildman–Crippen LogP) is 2.17. The van der Waals surface area contributed by atoms with Gasteiger partial charge in [0, 0.05) is 18.6 Å². The number of nitrogens with zero attached hydrogens (tertiary/aromatic N) is 3. The molecule has 5 heteroatoms. The summed E-state index contributed by atoms with van der Waals surface area (Å²) in [4.78, 5) is 2.38. The minimum atomic E-state index is -0.825. The maximum Gasteiger partial charge on any atom is 0.124 e. The maximum absolute atomic E-state index is 11.1. The summed E-state index contributed by atoms with van der Waals surface area (Å²) in [5.74, 6) is 0. The minimum absolute atomic E-state index is 0.212. The molecule has 2 fully saturated rings. The molecule has 100 valence electrons. The molecule has 4 nitrogen and oxygen atoms in total. The molecular formula is C13H20ClN3O. The van der Waals surface area contributed by atoms with Crippen molar-refractivity contribution in [2.75, 3.05) is 13.1 Å². The van der Waals surface area contributed by atoms with Crippen molar-refractivity contribution in [2.45, 2.75) is 50.8 Å². The van der Waals surface area contributed by atoms with Gasteiger partial charge in [-0.1, -0.05) is 11.6 Å².